The van der Waals surface area contributed by atoms with E-state index in [1.165, 1.54) is 11.1 Å². The minimum atomic E-state index is -3.39. The van der Waals surface area contributed by atoms with Crippen LogP contribution in [-0.2, 0) is 16.4 Å². The minimum Gasteiger partial charge on any atom is -0.312 e. The molecule has 0 bridgehead atoms. The molecule has 5 heteroatoms. The first-order chi connectivity index (χ1) is 8.45. The van der Waals surface area contributed by atoms with Gasteiger partial charge in [0, 0.05) is 12.6 Å². The Kier molecular flexibility index (Phi) is 4.04. The van der Waals surface area contributed by atoms with Gasteiger partial charge in [0.15, 0.2) is 0 Å². The molecule has 0 radical (unpaired) electrons. The third kappa shape index (κ3) is 3.54. The lowest BCUT2D eigenvalue weighted by Crippen LogP contribution is -2.47. The number of aryl methyl sites for hydroxylation is 1. The van der Waals surface area contributed by atoms with Crippen LogP contribution in [0.4, 0.5) is 0 Å². The number of hydrogen-bond acceptors (Lipinski definition) is 3. The first-order valence-electron chi connectivity index (χ1n) is 6.25. The van der Waals surface area contributed by atoms with E-state index in [0.717, 1.165) is 12.8 Å². The zero-order chi connectivity index (χ0) is 13.2. The van der Waals surface area contributed by atoms with Gasteiger partial charge in [-0.2, -0.15) is 0 Å². The van der Waals surface area contributed by atoms with E-state index in [4.69, 9.17) is 5.14 Å². The Morgan fingerprint density at radius 1 is 1.28 bits per heavy atom. The third-order valence-electron chi connectivity index (χ3n) is 3.54. The van der Waals surface area contributed by atoms with Crippen LogP contribution in [0, 0.1) is 6.92 Å². The van der Waals surface area contributed by atoms with E-state index in [0.29, 0.717) is 19.0 Å². The molecular weight excluding hydrogens is 248 g/mol. The average Bonchev–Trinajstić information content (AvgIpc) is 2.32. The summed E-state index contributed by atoms with van der Waals surface area (Å²) in [7, 11) is -3.39. The van der Waals surface area contributed by atoms with Crippen LogP contribution < -0.4 is 10.5 Å². The normalized spacial score (nSPS) is 25.0. The summed E-state index contributed by atoms with van der Waals surface area (Å²) in [6, 6.07) is 8.81. The van der Waals surface area contributed by atoms with E-state index in [1.807, 2.05) is 0 Å². The summed E-state index contributed by atoms with van der Waals surface area (Å²) >= 11 is 0. The highest BCUT2D eigenvalue weighted by Crippen LogP contribution is 2.16. The van der Waals surface area contributed by atoms with Crippen molar-refractivity contribution in [1.29, 1.82) is 0 Å². The predicted molar refractivity (Wildman–Crippen MR) is 72.8 cm³/mol. The molecule has 2 atom stereocenters. The molecule has 1 aliphatic rings. The first kappa shape index (κ1) is 13.5. The molecule has 2 unspecified atom stereocenters. The van der Waals surface area contributed by atoms with Crippen LogP contribution in [0.25, 0.3) is 0 Å². The molecule has 1 aromatic rings. The largest absolute Gasteiger partial charge is 0.312 e. The fourth-order valence-electron chi connectivity index (χ4n) is 2.35. The van der Waals surface area contributed by atoms with Gasteiger partial charge in [-0.1, -0.05) is 29.8 Å². The molecule has 3 N–H and O–H groups in total. The smallest absolute Gasteiger partial charge is 0.213 e. The summed E-state index contributed by atoms with van der Waals surface area (Å²) in [6.45, 7) is 2.54. The molecular formula is C13H20N2O2S. The number of sulfonamides is 1. The highest BCUT2D eigenvalue weighted by atomic mass is 32.2. The van der Waals surface area contributed by atoms with Crippen LogP contribution in [0.15, 0.2) is 24.3 Å². The van der Waals surface area contributed by atoms with Gasteiger partial charge in [0.25, 0.3) is 0 Å². The molecule has 2 rings (SSSR count). The van der Waals surface area contributed by atoms with Crippen LogP contribution in [0.1, 0.15) is 24.0 Å². The molecule has 0 spiro atoms. The Morgan fingerprint density at radius 2 is 1.94 bits per heavy atom. The lowest BCUT2D eigenvalue weighted by molar-refractivity contribution is 0.396. The van der Waals surface area contributed by atoms with Crippen LogP contribution in [0.2, 0.25) is 0 Å². The van der Waals surface area contributed by atoms with E-state index in [-0.39, 0.29) is 0 Å². The van der Waals surface area contributed by atoms with Gasteiger partial charge in [-0.3, -0.25) is 0 Å². The molecule has 0 amide bonds. The maximum absolute atomic E-state index is 11.2. The zero-order valence-corrected chi connectivity index (χ0v) is 11.4. The van der Waals surface area contributed by atoms with Crippen molar-refractivity contribution in [1.82, 2.24) is 5.32 Å². The Balaban J connectivity index is 1.89. The number of primary sulfonamides is 1. The van der Waals surface area contributed by atoms with E-state index < -0.39 is 15.3 Å². The summed E-state index contributed by atoms with van der Waals surface area (Å²) in [5.74, 6) is 0. The van der Waals surface area contributed by atoms with Crippen LogP contribution >= 0.6 is 0 Å². The van der Waals surface area contributed by atoms with Gasteiger partial charge in [0.05, 0.1) is 5.25 Å². The molecule has 1 fully saturated rings. The Hall–Kier alpha value is -0.910. The molecule has 0 saturated carbocycles. The van der Waals surface area contributed by atoms with Crippen molar-refractivity contribution >= 4 is 10.0 Å². The molecule has 1 aromatic carbocycles. The minimum absolute atomic E-state index is 0.353. The first-order valence-corrected chi connectivity index (χ1v) is 7.86. The predicted octanol–water partition coefficient (Wildman–Crippen LogP) is 0.947. The van der Waals surface area contributed by atoms with E-state index in [9.17, 15) is 8.42 Å². The number of nitrogens with two attached hydrogens (primary N) is 1. The summed E-state index contributed by atoms with van der Waals surface area (Å²) in [5.41, 5.74) is 2.54. The van der Waals surface area contributed by atoms with Crippen molar-refractivity contribution in [2.24, 2.45) is 5.14 Å². The standard InChI is InChI=1S/C13H20N2O2S/c1-10-2-4-11(5-3-10)8-12-6-7-13(9-15-12)18(14,16)17/h2-5,12-13,15H,6-9H2,1H3,(H2,14,16,17). The fourth-order valence-corrected chi connectivity index (χ4v) is 3.15. The van der Waals surface area contributed by atoms with Crippen molar-refractivity contribution in [3.05, 3.63) is 35.4 Å². The van der Waals surface area contributed by atoms with Gasteiger partial charge in [-0.05, 0) is 31.7 Å². The quantitative estimate of drug-likeness (QED) is 0.857. The number of benzene rings is 1. The molecule has 0 aliphatic carbocycles. The second kappa shape index (κ2) is 5.38. The van der Waals surface area contributed by atoms with E-state index in [2.05, 4.69) is 36.5 Å². The molecule has 1 heterocycles. The molecule has 1 aliphatic heterocycles. The molecule has 1 saturated heterocycles. The molecule has 18 heavy (non-hydrogen) atoms. The zero-order valence-electron chi connectivity index (χ0n) is 10.6. The van der Waals surface area contributed by atoms with Crippen molar-refractivity contribution < 1.29 is 8.42 Å². The lowest BCUT2D eigenvalue weighted by atomic mass is 9.97. The number of nitrogens with one attached hydrogen (secondary N) is 1. The highest BCUT2D eigenvalue weighted by molar-refractivity contribution is 7.89. The maximum Gasteiger partial charge on any atom is 0.213 e. The Morgan fingerprint density at radius 3 is 2.44 bits per heavy atom. The van der Waals surface area contributed by atoms with Gasteiger partial charge >= 0.3 is 0 Å². The lowest BCUT2D eigenvalue weighted by Gasteiger charge is -2.28. The van der Waals surface area contributed by atoms with Crippen molar-refractivity contribution in [2.45, 2.75) is 37.5 Å². The summed E-state index contributed by atoms with van der Waals surface area (Å²) in [4.78, 5) is 0. The van der Waals surface area contributed by atoms with Crippen LogP contribution in [0.3, 0.4) is 0 Å². The molecule has 4 nitrogen and oxygen atoms in total. The van der Waals surface area contributed by atoms with Gasteiger partial charge in [0.2, 0.25) is 10.0 Å². The summed E-state index contributed by atoms with van der Waals surface area (Å²) in [6.07, 6.45) is 2.45. The molecule has 100 valence electrons. The number of piperidine rings is 1. The highest BCUT2D eigenvalue weighted by Gasteiger charge is 2.27. The second-order valence-corrected chi connectivity index (χ2v) is 6.93. The van der Waals surface area contributed by atoms with Gasteiger partial charge in [-0.25, -0.2) is 13.6 Å². The van der Waals surface area contributed by atoms with Gasteiger partial charge < -0.3 is 5.32 Å². The average molecular weight is 268 g/mol. The van der Waals surface area contributed by atoms with Gasteiger partial charge in [0.1, 0.15) is 0 Å². The van der Waals surface area contributed by atoms with Crippen molar-refractivity contribution in [3.63, 3.8) is 0 Å². The summed E-state index contributed by atoms with van der Waals surface area (Å²) in [5, 5.41) is 8.01. The topological polar surface area (TPSA) is 72.2 Å². The Labute approximate surface area is 109 Å². The molecule has 0 aromatic heterocycles. The van der Waals surface area contributed by atoms with Crippen LogP contribution in [-0.4, -0.2) is 26.3 Å². The van der Waals surface area contributed by atoms with Crippen molar-refractivity contribution in [2.75, 3.05) is 6.54 Å². The monoisotopic (exact) mass is 268 g/mol. The summed E-state index contributed by atoms with van der Waals surface area (Å²) < 4.78 is 22.5. The maximum atomic E-state index is 11.2. The SMILES string of the molecule is Cc1ccc(CC2CCC(S(N)(=O)=O)CN2)cc1. The number of hydrogen-bond donors (Lipinski definition) is 2. The second-order valence-electron chi connectivity index (χ2n) is 5.08. The Bertz CT molecular complexity index is 488. The number of rotatable bonds is 3. The fraction of sp³-hybridized carbons (Fsp3) is 0.538. The van der Waals surface area contributed by atoms with Gasteiger partial charge in [-0.15, -0.1) is 0 Å². The third-order valence-corrected chi connectivity index (χ3v) is 4.87. The van der Waals surface area contributed by atoms with E-state index >= 15 is 0 Å². The van der Waals surface area contributed by atoms with Crippen LogP contribution in [0.5, 0.6) is 0 Å². The van der Waals surface area contributed by atoms with Crippen molar-refractivity contribution in [3.8, 4) is 0 Å². The van der Waals surface area contributed by atoms with E-state index in [1.54, 1.807) is 0 Å².